The molecule has 1 aromatic heterocycles. The Labute approximate surface area is 139 Å². The molecule has 6 nitrogen and oxygen atoms in total. The lowest BCUT2D eigenvalue weighted by Gasteiger charge is -2.16. The molecule has 2 aromatic rings. The van der Waals surface area contributed by atoms with Gasteiger partial charge in [-0.15, -0.1) is 0 Å². The van der Waals surface area contributed by atoms with Crippen molar-refractivity contribution in [3.63, 3.8) is 0 Å². The van der Waals surface area contributed by atoms with Crippen LogP contribution in [0, 0.1) is 5.92 Å². The molecule has 1 aliphatic rings. The highest BCUT2D eigenvalue weighted by Gasteiger charge is 2.41. The second-order valence-electron chi connectivity index (χ2n) is 5.75. The first kappa shape index (κ1) is 16.0. The lowest BCUT2D eigenvalue weighted by Crippen LogP contribution is -2.30. The minimum atomic E-state index is -0.927. The molecule has 0 radical (unpaired) electrons. The van der Waals surface area contributed by atoms with E-state index in [2.05, 4.69) is 4.98 Å². The fraction of sp³-hybridized carbons (Fsp3) is 0.278. The van der Waals surface area contributed by atoms with Gasteiger partial charge in [0.1, 0.15) is 6.61 Å². The number of likely N-dealkylation sites (tertiary alicyclic amines) is 1. The van der Waals surface area contributed by atoms with Gasteiger partial charge < -0.3 is 14.7 Å². The summed E-state index contributed by atoms with van der Waals surface area (Å²) in [5, 5.41) is 9.45. The molecule has 1 aliphatic heterocycles. The molecular weight excluding hydrogens is 308 g/mol. The standard InChI is InChI=1S/C18H18N2O4/c21-17(22)15-11-20(10-14(15)16-8-4-5-9-19-16)18(23)24-12-13-6-2-1-3-7-13/h1-9,14-15H,10-12H2,(H,21,22). The summed E-state index contributed by atoms with van der Waals surface area (Å²) in [5.41, 5.74) is 1.57. The normalized spacial score (nSPS) is 19.9. The van der Waals surface area contributed by atoms with Crippen LogP contribution in [0.5, 0.6) is 0 Å². The molecular formula is C18H18N2O4. The number of carboxylic acid groups (broad SMARTS) is 1. The summed E-state index contributed by atoms with van der Waals surface area (Å²) in [6.07, 6.45) is 1.13. The predicted octanol–water partition coefficient (Wildman–Crippen LogP) is 2.52. The van der Waals surface area contributed by atoms with Crippen molar-refractivity contribution < 1.29 is 19.4 Å². The van der Waals surface area contributed by atoms with E-state index in [4.69, 9.17) is 4.74 Å². The summed E-state index contributed by atoms with van der Waals surface area (Å²) in [7, 11) is 0. The molecule has 1 amide bonds. The highest BCUT2D eigenvalue weighted by Crippen LogP contribution is 2.32. The number of hydrogen-bond donors (Lipinski definition) is 1. The largest absolute Gasteiger partial charge is 0.481 e. The van der Waals surface area contributed by atoms with Gasteiger partial charge in [0.2, 0.25) is 0 Å². The van der Waals surface area contributed by atoms with Crippen molar-refractivity contribution in [3.05, 3.63) is 66.0 Å². The minimum Gasteiger partial charge on any atom is -0.481 e. The third-order valence-corrected chi connectivity index (χ3v) is 4.17. The number of carbonyl (C=O) groups is 2. The summed E-state index contributed by atoms with van der Waals surface area (Å²) in [5.74, 6) is -1.93. The number of hydrogen-bond acceptors (Lipinski definition) is 4. The summed E-state index contributed by atoms with van der Waals surface area (Å²) in [4.78, 5) is 29.5. The Morgan fingerprint density at radius 3 is 2.54 bits per heavy atom. The highest BCUT2D eigenvalue weighted by molar-refractivity contribution is 5.75. The van der Waals surface area contributed by atoms with Crippen LogP contribution in [0.3, 0.4) is 0 Å². The molecule has 124 valence electrons. The average molecular weight is 326 g/mol. The van der Waals surface area contributed by atoms with Gasteiger partial charge in [-0.3, -0.25) is 9.78 Å². The highest BCUT2D eigenvalue weighted by atomic mass is 16.6. The van der Waals surface area contributed by atoms with Crippen LogP contribution in [0.4, 0.5) is 4.79 Å². The SMILES string of the molecule is O=C(O)C1CN(C(=O)OCc2ccccc2)CC1c1ccccn1. The molecule has 0 aliphatic carbocycles. The van der Waals surface area contributed by atoms with Crippen LogP contribution < -0.4 is 0 Å². The van der Waals surface area contributed by atoms with Gasteiger partial charge in [0.05, 0.1) is 5.92 Å². The van der Waals surface area contributed by atoms with E-state index < -0.39 is 18.0 Å². The van der Waals surface area contributed by atoms with Crippen LogP contribution in [0.15, 0.2) is 54.7 Å². The Hall–Kier alpha value is -2.89. The molecule has 0 saturated carbocycles. The monoisotopic (exact) mass is 326 g/mol. The quantitative estimate of drug-likeness (QED) is 0.934. The average Bonchev–Trinajstić information content (AvgIpc) is 3.07. The zero-order valence-electron chi connectivity index (χ0n) is 13.0. The summed E-state index contributed by atoms with van der Waals surface area (Å²) >= 11 is 0. The van der Waals surface area contributed by atoms with Crippen molar-refractivity contribution in [1.82, 2.24) is 9.88 Å². The number of carboxylic acids is 1. The number of amides is 1. The Balaban J connectivity index is 1.66. The van der Waals surface area contributed by atoms with Crippen LogP contribution in [-0.4, -0.2) is 40.1 Å². The van der Waals surface area contributed by atoms with Gasteiger partial charge in [-0.2, -0.15) is 0 Å². The molecule has 6 heteroatoms. The van der Waals surface area contributed by atoms with E-state index in [1.807, 2.05) is 36.4 Å². The van der Waals surface area contributed by atoms with Crippen LogP contribution in [0.1, 0.15) is 17.2 Å². The van der Waals surface area contributed by atoms with Crippen molar-refractivity contribution >= 4 is 12.1 Å². The lowest BCUT2D eigenvalue weighted by atomic mass is 9.93. The van der Waals surface area contributed by atoms with Gasteiger partial charge in [-0.1, -0.05) is 36.4 Å². The van der Waals surface area contributed by atoms with E-state index >= 15 is 0 Å². The number of benzene rings is 1. The zero-order valence-corrected chi connectivity index (χ0v) is 13.0. The first-order valence-corrected chi connectivity index (χ1v) is 7.74. The number of aromatic nitrogens is 1. The van der Waals surface area contributed by atoms with Crippen LogP contribution in [0.25, 0.3) is 0 Å². The number of carbonyl (C=O) groups excluding carboxylic acids is 1. The molecule has 0 spiro atoms. The molecule has 1 fully saturated rings. The van der Waals surface area contributed by atoms with Gasteiger partial charge in [-0.25, -0.2) is 4.79 Å². The summed E-state index contributed by atoms with van der Waals surface area (Å²) < 4.78 is 5.30. The third-order valence-electron chi connectivity index (χ3n) is 4.17. The first-order valence-electron chi connectivity index (χ1n) is 7.74. The molecule has 3 rings (SSSR count). The second-order valence-corrected chi connectivity index (χ2v) is 5.75. The summed E-state index contributed by atoms with van der Waals surface area (Å²) in [6, 6.07) is 14.8. The maximum absolute atomic E-state index is 12.3. The topological polar surface area (TPSA) is 79.7 Å². The van der Waals surface area contributed by atoms with Gasteiger partial charge >= 0.3 is 12.1 Å². The van der Waals surface area contributed by atoms with Crippen molar-refractivity contribution in [2.45, 2.75) is 12.5 Å². The van der Waals surface area contributed by atoms with Crippen molar-refractivity contribution in [2.24, 2.45) is 5.92 Å². The van der Waals surface area contributed by atoms with E-state index in [9.17, 15) is 14.7 Å². The maximum atomic E-state index is 12.3. The molecule has 2 unspecified atom stereocenters. The van der Waals surface area contributed by atoms with Crippen LogP contribution in [-0.2, 0) is 16.1 Å². The summed E-state index contributed by atoms with van der Waals surface area (Å²) in [6.45, 7) is 0.591. The predicted molar refractivity (Wildman–Crippen MR) is 86.3 cm³/mol. The van der Waals surface area contributed by atoms with Crippen molar-refractivity contribution in [2.75, 3.05) is 13.1 Å². The Bertz CT molecular complexity index is 705. The van der Waals surface area contributed by atoms with Crippen molar-refractivity contribution in [1.29, 1.82) is 0 Å². The van der Waals surface area contributed by atoms with E-state index in [0.717, 1.165) is 5.56 Å². The number of rotatable bonds is 4. The van der Waals surface area contributed by atoms with E-state index in [1.54, 1.807) is 18.3 Å². The lowest BCUT2D eigenvalue weighted by molar-refractivity contribution is -0.141. The fourth-order valence-electron chi connectivity index (χ4n) is 2.91. The first-order chi connectivity index (χ1) is 11.6. The van der Waals surface area contributed by atoms with E-state index in [1.165, 1.54) is 4.90 Å². The number of nitrogens with zero attached hydrogens (tertiary/aromatic N) is 2. The Morgan fingerprint density at radius 2 is 1.88 bits per heavy atom. The number of aliphatic carboxylic acids is 1. The fourth-order valence-corrected chi connectivity index (χ4v) is 2.91. The van der Waals surface area contributed by atoms with E-state index in [0.29, 0.717) is 12.2 Å². The molecule has 1 N–H and O–H groups in total. The Kier molecular flexibility index (Phi) is 4.74. The van der Waals surface area contributed by atoms with Gasteiger partial charge in [0.15, 0.2) is 0 Å². The third kappa shape index (κ3) is 3.53. The molecule has 24 heavy (non-hydrogen) atoms. The molecule has 2 atom stereocenters. The second kappa shape index (κ2) is 7.12. The van der Waals surface area contributed by atoms with Gasteiger partial charge in [0.25, 0.3) is 0 Å². The smallest absolute Gasteiger partial charge is 0.410 e. The zero-order chi connectivity index (χ0) is 16.9. The minimum absolute atomic E-state index is 0.129. The molecule has 1 aromatic carbocycles. The number of pyridine rings is 1. The van der Waals surface area contributed by atoms with Gasteiger partial charge in [0, 0.05) is 30.9 Å². The molecule has 1 saturated heterocycles. The van der Waals surface area contributed by atoms with Gasteiger partial charge in [-0.05, 0) is 17.7 Å². The van der Waals surface area contributed by atoms with E-state index in [-0.39, 0.29) is 19.1 Å². The Morgan fingerprint density at radius 1 is 1.12 bits per heavy atom. The van der Waals surface area contributed by atoms with Crippen LogP contribution >= 0.6 is 0 Å². The van der Waals surface area contributed by atoms with Crippen molar-refractivity contribution in [3.8, 4) is 0 Å². The molecule has 2 heterocycles. The van der Waals surface area contributed by atoms with Crippen LogP contribution in [0.2, 0.25) is 0 Å². The molecule has 0 bridgehead atoms. The maximum Gasteiger partial charge on any atom is 0.410 e. The number of ether oxygens (including phenoxy) is 1.